The Balaban J connectivity index is 0.000000142. The lowest BCUT2D eigenvalue weighted by Gasteiger charge is -2.38. The van der Waals surface area contributed by atoms with Crippen LogP contribution < -0.4 is 32.6 Å². The molecule has 3 fully saturated rings. The Morgan fingerprint density at radius 1 is 0.882 bits per heavy atom. The van der Waals surface area contributed by atoms with Crippen molar-refractivity contribution in [3.63, 3.8) is 0 Å². The number of hydrogen-bond acceptors (Lipinski definition) is 14. The molecule has 0 amide bonds. The maximum absolute atomic E-state index is 10.9. The number of hydrogen-bond donors (Lipinski definition) is 8. The monoisotopic (exact) mass is 484 g/mol. The highest BCUT2D eigenvalue weighted by Crippen LogP contribution is 2.15. The number of fused-ring (bicyclic) bond motifs is 6. The van der Waals surface area contributed by atoms with E-state index in [1.54, 1.807) is 14.4 Å². The third-order valence-corrected chi connectivity index (χ3v) is 5.56. The SMILES string of the molecule is CC1NC2C3NC([N+](=O)[O-])NN3NNN2N1.Cc1nc2c3nc([N+](=O)[O-])n(C)n3[nH][nH]n2n1C. The Bertz CT molecular complexity index is 1290. The zero-order chi connectivity index (χ0) is 24.3. The Morgan fingerprint density at radius 3 is 2.12 bits per heavy atom. The fourth-order valence-corrected chi connectivity index (χ4v) is 3.83. The van der Waals surface area contributed by atoms with E-state index in [1.165, 1.54) is 21.5 Å². The van der Waals surface area contributed by atoms with Gasteiger partial charge in [0.25, 0.3) is 0 Å². The van der Waals surface area contributed by atoms with Crippen LogP contribution in [0.25, 0.3) is 11.3 Å². The van der Waals surface area contributed by atoms with Crippen molar-refractivity contribution in [2.45, 2.75) is 38.6 Å². The molecule has 3 aliphatic rings. The molecular formula is C12H24N18O4. The molecule has 3 aromatic rings. The molecule has 0 radical (unpaired) electrons. The van der Waals surface area contributed by atoms with E-state index in [9.17, 15) is 20.2 Å². The number of aryl methyl sites for hydroxylation is 3. The summed E-state index contributed by atoms with van der Waals surface area (Å²) < 4.78 is 6.07. The van der Waals surface area contributed by atoms with E-state index in [2.05, 4.69) is 52.9 Å². The lowest BCUT2D eigenvalue weighted by molar-refractivity contribution is -0.535. The van der Waals surface area contributed by atoms with Crippen LogP contribution in [0.5, 0.6) is 0 Å². The van der Waals surface area contributed by atoms with E-state index >= 15 is 0 Å². The van der Waals surface area contributed by atoms with Crippen LogP contribution in [0.4, 0.5) is 5.95 Å². The van der Waals surface area contributed by atoms with Crippen molar-refractivity contribution in [1.29, 1.82) is 0 Å². The van der Waals surface area contributed by atoms with Gasteiger partial charge in [0.2, 0.25) is 5.65 Å². The van der Waals surface area contributed by atoms with Crippen LogP contribution in [0.15, 0.2) is 0 Å². The van der Waals surface area contributed by atoms with Crippen molar-refractivity contribution in [2.75, 3.05) is 0 Å². The van der Waals surface area contributed by atoms with Gasteiger partial charge >= 0.3 is 17.9 Å². The minimum atomic E-state index is -0.989. The van der Waals surface area contributed by atoms with Crippen LogP contribution >= 0.6 is 0 Å². The van der Waals surface area contributed by atoms with E-state index in [4.69, 9.17) is 0 Å². The van der Waals surface area contributed by atoms with E-state index < -0.39 is 16.1 Å². The minimum absolute atomic E-state index is 0.0932. The first-order chi connectivity index (χ1) is 16.2. The fourth-order valence-electron chi connectivity index (χ4n) is 3.83. The molecule has 34 heavy (non-hydrogen) atoms. The molecule has 0 aromatic carbocycles. The van der Waals surface area contributed by atoms with E-state index in [0.29, 0.717) is 11.3 Å². The molecule has 22 heteroatoms. The zero-order valence-electron chi connectivity index (χ0n) is 18.4. The summed E-state index contributed by atoms with van der Waals surface area (Å²) in [7, 11) is 3.35. The molecule has 6 heterocycles. The van der Waals surface area contributed by atoms with Crippen LogP contribution in [-0.2, 0) is 14.1 Å². The molecule has 3 aliphatic heterocycles. The smallest absolute Gasteiger partial charge is 0.390 e. The van der Waals surface area contributed by atoms with Crippen LogP contribution in [0.2, 0.25) is 0 Å². The molecule has 4 atom stereocenters. The molecule has 186 valence electrons. The summed E-state index contributed by atoms with van der Waals surface area (Å²) in [6.07, 6.45) is -1.27. The second kappa shape index (κ2) is 7.99. The summed E-state index contributed by atoms with van der Waals surface area (Å²) in [6.45, 7) is 3.78. The van der Waals surface area contributed by atoms with Gasteiger partial charge in [-0.2, -0.15) is 26.3 Å². The van der Waals surface area contributed by atoms with Gasteiger partial charge in [-0.3, -0.25) is 20.1 Å². The van der Waals surface area contributed by atoms with Gasteiger partial charge in [0.05, 0.1) is 18.1 Å². The molecule has 0 aliphatic carbocycles. The number of rotatable bonds is 2. The topological polar surface area (TPSA) is 241 Å². The molecule has 4 unspecified atom stereocenters. The third kappa shape index (κ3) is 3.46. The van der Waals surface area contributed by atoms with Gasteiger partial charge < -0.3 is 10.1 Å². The minimum Gasteiger partial charge on any atom is -0.390 e. The summed E-state index contributed by atoms with van der Waals surface area (Å²) in [5.74, 6) is 0.483. The molecular weight excluding hydrogens is 460 g/mol. The van der Waals surface area contributed by atoms with Gasteiger partial charge in [0, 0.05) is 7.05 Å². The van der Waals surface area contributed by atoms with Gasteiger partial charge in [0.1, 0.15) is 18.2 Å². The first kappa shape index (κ1) is 22.2. The number of H-pyrrole nitrogens is 2. The highest BCUT2D eigenvalue weighted by Gasteiger charge is 2.49. The molecule has 3 aromatic heterocycles. The summed E-state index contributed by atoms with van der Waals surface area (Å²) in [5.41, 5.74) is 12.3. The number of hydrazine groups is 5. The average molecular weight is 484 g/mol. The van der Waals surface area contributed by atoms with Crippen LogP contribution in [0, 0.1) is 27.2 Å². The van der Waals surface area contributed by atoms with Gasteiger partial charge in [-0.25, -0.2) is 20.9 Å². The standard InChI is InChI=1S/C7H11N9O2.C5H13N9O2/c1-4-8-5-6-9-7(16(17)18)13(3)15(6)11-10-14(5)12(4)2;1-2-6-3-4-7-5(14(15)16)9-13(4)11-10-12(3)8-2/h10-11H,1-3H3;2-11H,1H3. The number of nitro groups is 2. The van der Waals surface area contributed by atoms with Crippen molar-refractivity contribution in [3.8, 4) is 0 Å². The highest BCUT2D eigenvalue weighted by atomic mass is 16.6. The second-order valence-corrected chi connectivity index (χ2v) is 7.72. The largest absolute Gasteiger partial charge is 0.456 e. The summed E-state index contributed by atoms with van der Waals surface area (Å²) in [6, 6.07) is 0. The van der Waals surface area contributed by atoms with Crippen molar-refractivity contribution >= 4 is 17.2 Å². The number of nitrogens with zero attached hydrogens (tertiary/aromatic N) is 10. The Labute approximate surface area is 188 Å². The van der Waals surface area contributed by atoms with Crippen molar-refractivity contribution in [3.05, 3.63) is 26.1 Å². The quantitative estimate of drug-likeness (QED) is 0.128. The molecule has 3 saturated heterocycles. The number of nitrogens with one attached hydrogen (secondary N) is 8. The van der Waals surface area contributed by atoms with Gasteiger partial charge in [-0.15, -0.1) is 14.9 Å². The molecule has 0 bridgehead atoms. The maximum Gasteiger partial charge on any atom is 0.456 e. The first-order valence-electron chi connectivity index (χ1n) is 10.0. The highest BCUT2D eigenvalue weighted by molar-refractivity contribution is 5.64. The van der Waals surface area contributed by atoms with Crippen molar-refractivity contribution < 1.29 is 9.85 Å². The van der Waals surface area contributed by atoms with Crippen LogP contribution in [0.1, 0.15) is 12.7 Å². The number of aromatic nitrogens is 8. The molecule has 0 saturated carbocycles. The Hall–Kier alpha value is -3.64. The van der Waals surface area contributed by atoms with Crippen molar-refractivity contribution in [1.82, 2.24) is 81.8 Å². The molecule has 0 spiro atoms. The Kier molecular flexibility index (Phi) is 5.21. The predicted molar refractivity (Wildman–Crippen MR) is 110 cm³/mol. The summed E-state index contributed by atoms with van der Waals surface area (Å²) in [4.78, 5) is 28.8. The zero-order valence-corrected chi connectivity index (χ0v) is 18.4. The maximum atomic E-state index is 10.9. The van der Waals surface area contributed by atoms with Gasteiger partial charge in [-0.1, -0.05) is 4.63 Å². The normalized spacial score (nSPS) is 26.9. The van der Waals surface area contributed by atoms with Crippen LogP contribution in [0.3, 0.4) is 0 Å². The number of aromatic amines is 2. The van der Waals surface area contributed by atoms with E-state index in [-0.39, 0.29) is 24.4 Å². The molecule has 8 N–H and O–H groups in total. The fraction of sp³-hybridized carbons (Fsp3) is 0.667. The van der Waals surface area contributed by atoms with Crippen LogP contribution in [-0.4, -0.2) is 83.9 Å². The Morgan fingerprint density at radius 2 is 1.47 bits per heavy atom. The lowest BCUT2D eigenvalue weighted by Crippen LogP contribution is -2.74. The summed E-state index contributed by atoms with van der Waals surface area (Å²) >= 11 is 0. The van der Waals surface area contributed by atoms with Gasteiger partial charge in [-0.05, 0) is 23.8 Å². The van der Waals surface area contributed by atoms with E-state index in [1.807, 2.05) is 20.9 Å². The second-order valence-electron chi connectivity index (χ2n) is 7.72. The van der Waals surface area contributed by atoms with E-state index in [0.717, 1.165) is 5.82 Å². The third-order valence-electron chi connectivity index (χ3n) is 5.56. The van der Waals surface area contributed by atoms with Gasteiger partial charge in [0.15, 0.2) is 0 Å². The predicted octanol–water partition coefficient (Wildman–Crippen LogP) is -4.04. The summed E-state index contributed by atoms with van der Waals surface area (Å²) in [5, 5.41) is 36.5. The van der Waals surface area contributed by atoms with Crippen molar-refractivity contribution in [2.24, 2.45) is 14.1 Å². The molecule has 6 rings (SSSR count). The average Bonchev–Trinajstić information content (AvgIpc) is 3.52. The molecule has 22 nitrogen and oxygen atoms in total. The first-order valence-corrected chi connectivity index (χ1v) is 10.0. The lowest BCUT2D eigenvalue weighted by atomic mass is 10.4.